The number of sulfonamides is 1. The normalized spacial score (nSPS) is 13.8. The fraction of sp³-hybridized carbons (Fsp3) is 0.267. The number of aromatic nitrogens is 2. The van der Waals surface area contributed by atoms with Crippen LogP contribution in [0.25, 0.3) is 0 Å². The highest BCUT2D eigenvalue weighted by Crippen LogP contribution is 2.28. The first-order valence-electron chi connectivity index (χ1n) is 7.37. The zero-order chi connectivity index (χ0) is 18.0. The first-order valence-corrected chi connectivity index (χ1v) is 9.61. The van der Waals surface area contributed by atoms with E-state index in [0.29, 0.717) is 13.1 Å². The average molecular weight is 401 g/mol. The topological polar surface area (TPSA) is 92.3 Å². The molecule has 0 saturated carbocycles. The van der Waals surface area contributed by atoms with E-state index in [4.69, 9.17) is 23.2 Å². The summed E-state index contributed by atoms with van der Waals surface area (Å²) in [4.78, 5) is 21.7. The fourth-order valence-corrected chi connectivity index (χ4v) is 4.71. The number of halogens is 2. The zero-order valence-electron chi connectivity index (χ0n) is 12.9. The van der Waals surface area contributed by atoms with Crippen molar-refractivity contribution in [2.24, 2.45) is 0 Å². The second-order valence-electron chi connectivity index (χ2n) is 5.44. The third-order valence-corrected chi connectivity index (χ3v) is 6.17. The molecular weight excluding hydrogens is 387 g/mol. The van der Waals surface area contributed by atoms with Gasteiger partial charge in [-0.05, 0) is 12.1 Å². The Kier molecular flexibility index (Phi) is 5.24. The minimum absolute atomic E-state index is 0.0166. The van der Waals surface area contributed by atoms with Gasteiger partial charge in [0.05, 0.1) is 22.3 Å². The van der Waals surface area contributed by atoms with Crippen LogP contribution in [0.3, 0.4) is 0 Å². The number of amides is 1. The van der Waals surface area contributed by atoms with Crippen molar-refractivity contribution in [3.63, 3.8) is 0 Å². The van der Waals surface area contributed by atoms with Gasteiger partial charge in [0.25, 0.3) is 0 Å². The third kappa shape index (κ3) is 3.92. The molecule has 0 bridgehead atoms. The van der Waals surface area contributed by atoms with Crippen molar-refractivity contribution < 1.29 is 13.2 Å². The lowest BCUT2D eigenvalue weighted by Crippen LogP contribution is -2.31. The van der Waals surface area contributed by atoms with Gasteiger partial charge in [-0.2, -0.15) is 0 Å². The molecule has 0 aliphatic carbocycles. The van der Waals surface area contributed by atoms with Gasteiger partial charge in [-0.3, -0.25) is 4.79 Å². The molecule has 1 aromatic heterocycles. The summed E-state index contributed by atoms with van der Waals surface area (Å²) in [6.45, 7) is 0.777. The molecule has 0 saturated heterocycles. The van der Waals surface area contributed by atoms with Gasteiger partial charge in [0.15, 0.2) is 0 Å². The minimum atomic E-state index is -3.90. The standard InChI is InChI=1S/C15H14Cl2N4O3S/c16-11-2-1-3-12(17)15(11)25(23,24)20-5-4-14(22)21-7-10-6-18-9-19-13(10)8-21/h1-3,6,9,20H,4-5,7-8H2. The first kappa shape index (κ1) is 18.1. The molecule has 1 aromatic carbocycles. The second kappa shape index (κ2) is 7.25. The van der Waals surface area contributed by atoms with Crippen molar-refractivity contribution in [2.75, 3.05) is 6.54 Å². The van der Waals surface area contributed by atoms with E-state index in [1.807, 2.05) is 0 Å². The molecule has 1 aliphatic heterocycles. The summed E-state index contributed by atoms with van der Waals surface area (Å²) >= 11 is 11.8. The monoisotopic (exact) mass is 400 g/mol. The number of carbonyl (C=O) groups excluding carboxylic acids is 1. The Morgan fingerprint density at radius 1 is 1.24 bits per heavy atom. The van der Waals surface area contributed by atoms with Gasteiger partial charge in [0.1, 0.15) is 11.2 Å². The number of hydrogen-bond acceptors (Lipinski definition) is 5. The van der Waals surface area contributed by atoms with Crippen molar-refractivity contribution in [1.82, 2.24) is 19.6 Å². The summed E-state index contributed by atoms with van der Waals surface area (Å²) in [5.74, 6) is -0.175. The SMILES string of the molecule is O=C(CCNS(=O)(=O)c1c(Cl)cccc1Cl)N1Cc2cncnc2C1. The molecule has 0 atom stereocenters. The molecular formula is C15H14Cl2N4O3S. The quantitative estimate of drug-likeness (QED) is 0.828. The Morgan fingerprint density at radius 3 is 2.64 bits per heavy atom. The average Bonchev–Trinajstić information content (AvgIpc) is 2.98. The number of rotatable bonds is 5. The van der Waals surface area contributed by atoms with Gasteiger partial charge in [0, 0.05) is 31.3 Å². The molecule has 1 N–H and O–H groups in total. The van der Waals surface area contributed by atoms with Crippen molar-refractivity contribution in [3.8, 4) is 0 Å². The largest absolute Gasteiger partial charge is 0.332 e. The predicted molar refractivity (Wildman–Crippen MR) is 92.6 cm³/mol. The molecule has 0 fully saturated rings. The van der Waals surface area contributed by atoms with E-state index in [1.165, 1.54) is 18.5 Å². The molecule has 3 rings (SSSR count). The van der Waals surface area contributed by atoms with E-state index in [9.17, 15) is 13.2 Å². The van der Waals surface area contributed by atoms with E-state index in [0.717, 1.165) is 11.3 Å². The Hall–Kier alpha value is -1.74. The molecule has 1 aliphatic rings. The van der Waals surface area contributed by atoms with Crippen LogP contribution >= 0.6 is 23.2 Å². The van der Waals surface area contributed by atoms with Crippen molar-refractivity contribution in [3.05, 3.63) is 52.0 Å². The van der Waals surface area contributed by atoms with Crippen molar-refractivity contribution in [1.29, 1.82) is 0 Å². The minimum Gasteiger partial charge on any atom is -0.332 e. The van der Waals surface area contributed by atoms with Gasteiger partial charge in [-0.15, -0.1) is 0 Å². The summed E-state index contributed by atoms with van der Waals surface area (Å²) in [5, 5.41) is 0.0554. The van der Waals surface area contributed by atoms with E-state index < -0.39 is 10.0 Å². The van der Waals surface area contributed by atoms with Crippen LogP contribution in [0.1, 0.15) is 17.7 Å². The lowest BCUT2D eigenvalue weighted by atomic mass is 10.3. The zero-order valence-corrected chi connectivity index (χ0v) is 15.3. The van der Waals surface area contributed by atoms with Crippen LogP contribution < -0.4 is 4.72 Å². The maximum Gasteiger partial charge on any atom is 0.243 e. The second-order valence-corrected chi connectivity index (χ2v) is 7.96. The van der Waals surface area contributed by atoms with Crippen LogP contribution in [-0.2, 0) is 27.9 Å². The van der Waals surface area contributed by atoms with Gasteiger partial charge >= 0.3 is 0 Å². The molecule has 0 unspecified atom stereocenters. The summed E-state index contributed by atoms with van der Waals surface area (Å²) in [5.41, 5.74) is 1.71. The Bertz CT molecular complexity index is 875. The van der Waals surface area contributed by atoms with E-state index in [1.54, 1.807) is 17.2 Å². The van der Waals surface area contributed by atoms with Gasteiger partial charge in [-0.25, -0.2) is 23.1 Å². The predicted octanol–water partition coefficient (Wildman–Crippen LogP) is 1.99. The van der Waals surface area contributed by atoms with E-state index in [-0.39, 0.29) is 33.8 Å². The highest BCUT2D eigenvalue weighted by molar-refractivity contribution is 7.89. The molecule has 1 amide bonds. The van der Waals surface area contributed by atoms with Crippen molar-refractivity contribution >= 4 is 39.1 Å². The number of benzene rings is 1. The molecule has 7 nitrogen and oxygen atoms in total. The molecule has 0 radical (unpaired) electrons. The fourth-order valence-electron chi connectivity index (χ4n) is 2.54. The summed E-state index contributed by atoms with van der Waals surface area (Å²) < 4.78 is 27.0. The first-order chi connectivity index (χ1) is 11.9. The molecule has 132 valence electrons. The summed E-state index contributed by atoms with van der Waals surface area (Å²) in [7, 11) is -3.90. The van der Waals surface area contributed by atoms with Crippen LogP contribution in [0.2, 0.25) is 10.0 Å². The highest BCUT2D eigenvalue weighted by Gasteiger charge is 2.25. The van der Waals surface area contributed by atoms with Crippen LogP contribution in [0.4, 0.5) is 0 Å². The number of nitrogens with zero attached hydrogens (tertiary/aromatic N) is 3. The molecule has 2 heterocycles. The molecule has 25 heavy (non-hydrogen) atoms. The maximum atomic E-state index is 12.3. The number of nitrogens with one attached hydrogen (secondary N) is 1. The van der Waals surface area contributed by atoms with Crippen LogP contribution in [0.15, 0.2) is 35.6 Å². The summed E-state index contributed by atoms with van der Waals surface area (Å²) in [6.07, 6.45) is 3.13. The Morgan fingerprint density at radius 2 is 1.96 bits per heavy atom. The van der Waals surface area contributed by atoms with Crippen LogP contribution in [0.5, 0.6) is 0 Å². The van der Waals surface area contributed by atoms with Crippen molar-refractivity contribution in [2.45, 2.75) is 24.4 Å². The van der Waals surface area contributed by atoms with Gasteiger partial charge in [0.2, 0.25) is 15.9 Å². The summed E-state index contributed by atoms with van der Waals surface area (Å²) in [6, 6.07) is 4.44. The lowest BCUT2D eigenvalue weighted by Gasteiger charge is -2.15. The number of carbonyl (C=O) groups is 1. The lowest BCUT2D eigenvalue weighted by molar-refractivity contribution is -0.131. The third-order valence-electron chi connectivity index (χ3n) is 3.75. The van der Waals surface area contributed by atoms with Crippen LogP contribution in [-0.4, -0.2) is 35.7 Å². The molecule has 10 heteroatoms. The highest BCUT2D eigenvalue weighted by atomic mass is 35.5. The van der Waals surface area contributed by atoms with Gasteiger partial charge in [-0.1, -0.05) is 29.3 Å². The Balaban J connectivity index is 1.59. The van der Waals surface area contributed by atoms with Gasteiger partial charge < -0.3 is 4.90 Å². The number of fused-ring (bicyclic) bond motifs is 1. The number of hydrogen-bond donors (Lipinski definition) is 1. The smallest absolute Gasteiger partial charge is 0.243 e. The Labute approximate surface area is 155 Å². The molecule has 2 aromatic rings. The molecule has 0 spiro atoms. The maximum absolute atomic E-state index is 12.3. The van der Waals surface area contributed by atoms with Crippen LogP contribution in [0, 0.1) is 0 Å². The van der Waals surface area contributed by atoms with E-state index in [2.05, 4.69) is 14.7 Å². The van der Waals surface area contributed by atoms with E-state index >= 15 is 0 Å².